The molecule has 2 aliphatic heterocycles. The lowest BCUT2D eigenvalue weighted by Gasteiger charge is -2.39. The lowest BCUT2D eigenvalue weighted by Crippen LogP contribution is -2.49. The van der Waals surface area contributed by atoms with Crippen molar-refractivity contribution < 1.29 is 0 Å². The molecule has 0 bridgehead atoms. The zero-order chi connectivity index (χ0) is 12.5. The fourth-order valence-corrected chi connectivity index (χ4v) is 3.59. The van der Waals surface area contributed by atoms with E-state index in [9.17, 15) is 0 Å². The summed E-state index contributed by atoms with van der Waals surface area (Å²) < 4.78 is 0. The van der Waals surface area contributed by atoms with Crippen LogP contribution in [0.1, 0.15) is 39.5 Å². The first-order valence-corrected chi connectivity index (χ1v) is 7.18. The second-order valence-electron chi connectivity index (χ2n) is 6.74. The number of hydrogen-bond donors (Lipinski definition) is 1. The van der Waals surface area contributed by atoms with Crippen LogP contribution in [0.25, 0.3) is 0 Å². The predicted molar refractivity (Wildman–Crippen MR) is 73.1 cm³/mol. The molecule has 3 heteroatoms. The number of rotatable bonds is 4. The summed E-state index contributed by atoms with van der Waals surface area (Å²) in [5.41, 5.74) is 6.09. The molecule has 0 saturated carbocycles. The largest absolute Gasteiger partial charge is 0.330 e. The minimum atomic E-state index is 0.247. The molecular formula is C14H29N3. The van der Waals surface area contributed by atoms with E-state index in [0.717, 1.165) is 25.2 Å². The van der Waals surface area contributed by atoms with Crippen LogP contribution < -0.4 is 5.73 Å². The Bertz CT molecular complexity index is 252. The van der Waals surface area contributed by atoms with Gasteiger partial charge in [0, 0.05) is 25.2 Å². The second-order valence-corrected chi connectivity index (χ2v) is 6.74. The fraction of sp³-hybridized carbons (Fsp3) is 1.00. The molecule has 2 N–H and O–H groups in total. The number of piperidine rings is 1. The summed E-state index contributed by atoms with van der Waals surface area (Å²) in [7, 11) is 2.29. The van der Waals surface area contributed by atoms with Crippen LogP contribution in [0.5, 0.6) is 0 Å². The Labute approximate surface area is 106 Å². The minimum absolute atomic E-state index is 0.247. The fourth-order valence-electron chi connectivity index (χ4n) is 3.59. The van der Waals surface area contributed by atoms with Gasteiger partial charge in [0.25, 0.3) is 0 Å². The van der Waals surface area contributed by atoms with Crippen molar-refractivity contribution in [3.8, 4) is 0 Å². The normalized spacial score (nSPS) is 30.9. The first kappa shape index (κ1) is 13.3. The van der Waals surface area contributed by atoms with Gasteiger partial charge in [0.15, 0.2) is 0 Å². The monoisotopic (exact) mass is 239 g/mol. The SMILES string of the molecule is CN(CC(C)(C)CN)C1CCN2CCCCC12. The summed E-state index contributed by atoms with van der Waals surface area (Å²) in [6.45, 7) is 9.09. The summed E-state index contributed by atoms with van der Waals surface area (Å²) in [5.74, 6) is 0. The lowest BCUT2D eigenvalue weighted by molar-refractivity contribution is 0.105. The highest BCUT2D eigenvalue weighted by Gasteiger charge is 2.38. The topological polar surface area (TPSA) is 32.5 Å². The summed E-state index contributed by atoms with van der Waals surface area (Å²) in [6.07, 6.45) is 5.58. The van der Waals surface area contributed by atoms with Crippen molar-refractivity contribution in [2.75, 3.05) is 33.2 Å². The van der Waals surface area contributed by atoms with Crippen LogP contribution >= 0.6 is 0 Å². The molecule has 0 amide bonds. The Hall–Kier alpha value is -0.120. The van der Waals surface area contributed by atoms with Crippen LogP contribution in [0.15, 0.2) is 0 Å². The van der Waals surface area contributed by atoms with Crippen molar-refractivity contribution in [2.45, 2.75) is 51.6 Å². The van der Waals surface area contributed by atoms with Gasteiger partial charge in [0.2, 0.25) is 0 Å². The smallest absolute Gasteiger partial charge is 0.0260 e. The van der Waals surface area contributed by atoms with E-state index in [1.165, 1.54) is 38.8 Å². The molecule has 2 atom stereocenters. The molecule has 2 fully saturated rings. The number of likely N-dealkylation sites (N-methyl/N-ethyl adjacent to an activating group) is 1. The Morgan fingerprint density at radius 2 is 2.00 bits per heavy atom. The van der Waals surface area contributed by atoms with E-state index in [2.05, 4.69) is 30.7 Å². The molecule has 17 heavy (non-hydrogen) atoms. The van der Waals surface area contributed by atoms with E-state index < -0.39 is 0 Å². The minimum Gasteiger partial charge on any atom is -0.330 e. The molecule has 0 spiro atoms. The van der Waals surface area contributed by atoms with Gasteiger partial charge in [-0.15, -0.1) is 0 Å². The first-order valence-electron chi connectivity index (χ1n) is 7.18. The number of nitrogens with zero attached hydrogens (tertiary/aromatic N) is 2. The summed E-state index contributed by atoms with van der Waals surface area (Å²) in [5, 5.41) is 0. The van der Waals surface area contributed by atoms with Crippen LogP contribution in [-0.2, 0) is 0 Å². The van der Waals surface area contributed by atoms with Gasteiger partial charge in [-0.3, -0.25) is 4.90 Å². The average molecular weight is 239 g/mol. The molecule has 2 heterocycles. The molecule has 2 unspecified atom stereocenters. The zero-order valence-electron chi connectivity index (χ0n) is 11.8. The van der Waals surface area contributed by atoms with Gasteiger partial charge in [-0.25, -0.2) is 0 Å². The van der Waals surface area contributed by atoms with E-state index in [1.54, 1.807) is 0 Å². The van der Waals surface area contributed by atoms with Crippen molar-refractivity contribution in [3.63, 3.8) is 0 Å². The Kier molecular flexibility index (Phi) is 4.11. The van der Waals surface area contributed by atoms with Crippen molar-refractivity contribution in [1.29, 1.82) is 0 Å². The Balaban J connectivity index is 1.93. The van der Waals surface area contributed by atoms with E-state index in [-0.39, 0.29) is 5.41 Å². The maximum absolute atomic E-state index is 5.85. The van der Waals surface area contributed by atoms with E-state index in [0.29, 0.717) is 0 Å². The lowest BCUT2D eigenvalue weighted by atomic mass is 9.91. The molecule has 3 nitrogen and oxygen atoms in total. The van der Waals surface area contributed by atoms with Crippen LogP contribution in [0.2, 0.25) is 0 Å². The molecular weight excluding hydrogens is 210 g/mol. The Morgan fingerprint density at radius 1 is 1.24 bits per heavy atom. The van der Waals surface area contributed by atoms with Crippen molar-refractivity contribution in [1.82, 2.24) is 9.80 Å². The number of nitrogens with two attached hydrogens (primary N) is 1. The van der Waals surface area contributed by atoms with Gasteiger partial charge in [-0.2, -0.15) is 0 Å². The third-order valence-electron chi connectivity index (χ3n) is 4.62. The van der Waals surface area contributed by atoms with Gasteiger partial charge >= 0.3 is 0 Å². The molecule has 2 saturated heterocycles. The number of hydrogen-bond acceptors (Lipinski definition) is 3. The third kappa shape index (κ3) is 3.01. The maximum atomic E-state index is 5.85. The Morgan fingerprint density at radius 3 is 2.71 bits per heavy atom. The third-order valence-corrected chi connectivity index (χ3v) is 4.62. The quantitative estimate of drug-likeness (QED) is 0.807. The molecule has 0 radical (unpaired) electrons. The molecule has 0 aromatic heterocycles. The first-order chi connectivity index (χ1) is 8.03. The standard InChI is InChI=1S/C14H29N3/c1-14(2,10-15)11-16(3)12-7-9-17-8-5-4-6-13(12)17/h12-13H,4-11,15H2,1-3H3. The molecule has 100 valence electrons. The van der Waals surface area contributed by atoms with Crippen molar-refractivity contribution in [2.24, 2.45) is 11.1 Å². The molecule has 2 rings (SSSR count). The van der Waals surface area contributed by atoms with Crippen LogP contribution in [0.3, 0.4) is 0 Å². The highest BCUT2D eigenvalue weighted by atomic mass is 15.3. The van der Waals surface area contributed by atoms with Gasteiger partial charge in [0.05, 0.1) is 0 Å². The van der Waals surface area contributed by atoms with E-state index in [4.69, 9.17) is 5.73 Å². The molecule has 0 aromatic carbocycles. The van der Waals surface area contributed by atoms with Crippen LogP contribution in [0, 0.1) is 5.41 Å². The van der Waals surface area contributed by atoms with Gasteiger partial charge in [-0.05, 0) is 44.8 Å². The van der Waals surface area contributed by atoms with Gasteiger partial charge in [0.1, 0.15) is 0 Å². The predicted octanol–water partition coefficient (Wildman–Crippen LogP) is 1.53. The summed E-state index contributed by atoms with van der Waals surface area (Å²) in [6, 6.07) is 1.59. The zero-order valence-corrected chi connectivity index (χ0v) is 11.8. The number of fused-ring (bicyclic) bond motifs is 1. The average Bonchev–Trinajstić information content (AvgIpc) is 2.72. The molecule has 2 aliphatic rings. The van der Waals surface area contributed by atoms with E-state index >= 15 is 0 Å². The van der Waals surface area contributed by atoms with Crippen LogP contribution in [-0.4, -0.2) is 55.1 Å². The summed E-state index contributed by atoms with van der Waals surface area (Å²) in [4.78, 5) is 5.28. The maximum Gasteiger partial charge on any atom is 0.0260 e. The second kappa shape index (κ2) is 5.25. The highest BCUT2D eigenvalue weighted by Crippen LogP contribution is 2.31. The molecule has 0 aromatic rings. The van der Waals surface area contributed by atoms with Crippen molar-refractivity contribution >= 4 is 0 Å². The molecule has 0 aliphatic carbocycles. The van der Waals surface area contributed by atoms with E-state index in [1.807, 2.05) is 0 Å². The summed E-state index contributed by atoms with van der Waals surface area (Å²) >= 11 is 0. The van der Waals surface area contributed by atoms with Crippen molar-refractivity contribution in [3.05, 3.63) is 0 Å². The van der Waals surface area contributed by atoms with Gasteiger partial charge < -0.3 is 10.6 Å². The van der Waals surface area contributed by atoms with Gasteiger partial charge in [-0.1, -0.05) is 20.3 Å². The van der Waals surface area contributed by atoms with Crippen LogP contribution in [0.4, 0.5) is 0 Å². The highest BCUT2D eigenvalue weighted by molar-refractivity contribution is 4.95.